The van der Waals surface area contributed by atoms with Crippen molar-refractivity contribution in [2.24, 2.45) is 5.92 Å². The number of aromatic nitrogens is 2. The molecule has 1 aromatic carbocycles. The Morgan fingerprint density at radius 3 is 3.00 bits per heavy atom. The van der Waals surface area contributed by atoms with Crippen molar-refractivity contribution >= 4 is 22.6 Å². The largest absolute Gasteiger partial charge is 0.327 e. The molecule has 3 nitrogen and oxygen atoms in total. The van der Waals surface area contributed by atoms with Crippen LogP contribution < -0.4 is 0 Å². The number of benzene rings is 1. The molecule has 1 fully saturated rings. The number of rotatable bonds is 4. The fraction of sp³-hybridized carbons (Fsp3) is 0.533. The maximum atomic E-state index is 13.8. The van der Waals surface area contributed by atoms with Gasteiger partial charge >= 0.3 is 0 Å². The first-order valence-corrected chi connectivity index (χ1v) is 7.68. The first-order valence-electron chi connectivity index (χ1n) is 7.15. The van der Waals surface area contributed by atoms with Crippen molar-refractivity contribution in [3.8, 4) is 0 Å². The Kier molecular flexibility index (Phi) is 3.94. The Hall–Kier alpha value is -1.13. The zero-order chi connectivity index (χ0) is 14.1. The molecule has 0 spiro atoms. The van der Waals surface area contributed by atoms with Crippen molar-refractivity contribution in [2.75, 3.05) is 19.6 Å². The van der Waals surface area contributed by atoms with E-state index >= 15 is 0 Å². The maximum Gasteiger partial charge on any atom is 0.151 e. The normalized spacial score (nSPS) is 20.1. The number of imidazole rings is 1. The summed E-state index contributed by atoms with van der Waals surface area (Å²) in [4.78, 5) is 6.80. The van der Waals surface area contributed by atoms with Crippen LogP contribution in [-0.2, 0) is 12.4 Å². The van der Waals surface area contributed by atoms with E-state index in [0.717, 1.165) is 37.5 Å². The molecule has 2 heterocycles. The van der Waals surface area contributed by atoms with E-state index in [0.29, 0.717) is 17.3 Å². The minimum atomic E-state index is -0.269. The average molecular weight is 296 g/mol. The van der Waals surface area contributed by atoms with Gasteiger partial charge in [-0.3, -0.25) is 0 Å². The highest BCUT2D eigenvalue weighted by Crippen LogP contribution is 2.24. The number of halogens is 2. The summed E-state index contributed by atoms with van der Waals surface area (Å²) in [6.07, 6.45) is 1.19. The Labute approximate surface area is 123 Å². The molecule has 1 saturated heterocycles. The van der Waals surface area contributed by atoms with Crippen LogP contribution in [0.25, 0.3) is 11.0 Å². The third kappa shape index (κ3) is 2.42. The van der Waals surface area contributed by atoms with E-state index in [1.165, 1.54) is 12.5 Å². The number of hydrogen-bond acceptors (Lipinski definition) is 2. The summed E-state index contributed by atoms with van der Waals surface area (Å²) >= 11 is 5.98. The topological polar surface area (TPSA) is 21.1 Å². The van der Waals surface area contributed by atoms with Gasteiger partial charge in [0, 0.05) is 13.1 Å². The number of alkyl halides is 1. The van der Waals surface area contributed by atoms with Crippen LogP contribution in [0.5, 0.6) is 0 Å². The zero-order valence-corrected chi connectivity index (χ0v) is 12.4. The molecule has 1 atom stereocenters. The highest BCUT2D eigenvalue weighted by atomic mass is 35.5. The van der Waals surface area contributed by atoms with Crippen LogP contribution in [0.3, 0.4) is 0 Å². The first kappa shape index (κ1) is 13.8. The Balaban J connectivity index is 1.92. The molecule has 1 aromatic heterocycles. The molecule has 20 heavy (non-hydrogen) atoms. The molecule has 108 valence electrons. The van der Waals surface area contributed by atoms with Crippen molar-refractivity contribution < 1.29 is 4.39 Å². The quantitative estimate of drug-likeness (QED) is 0.807. The predicted octanol–water partition coefficient (Wildman–Crippen LogP) is 3.26. The van der Waals surface area contributed by atoms with Crippen LogP contribution in [0.4, 0.5) is 4.39 Å². The molecule has 0 N–H and O–H groups in total. The Bertz CT molecular complexity index is 610. The van der Waals surface area contributed by atoms with Crippen LogP contribution in [0, 0.1) is 11.7 Å². The minimum Gasteiger partial charge on any atom is -0.327 e. The van der Waals surface area contributed by atoms with Gasteiger partial charge in [0.2, 0.25) is 0 Å². The molecule has 0 saturated carbocycles. The number of fused-ring (bicyclic) bond motifs is 1. The molecular formula is C15H19ClFN3. The van der Waals surface area contributed by atoms with Crippen LogP contribution in [0.15, 0.2) is 18.2 Å². The van der Waals surface area contributed by atoms with Crippen LogP contribution in [-0.4, -0.2) is 34.1 Å². The monoisotopic (exact) mass is 295 g/mol. The van der Waals surface area contributed by atoms with Crippen LogP contribution in [0.1, 0.15) is 19.2 Å². The van der Waals surface area contributed by atoms with Gasteiger partial charge in [-0.25, -0.2) is 9.37 Å². The van der Waals surface area contributed by atoms with Gasteiger partial charge in [-0.15, -0.1) is 11.6 Å². The number of likely N-dealkylation sites (tertiary alicyclic amines) is 1. The lowest BCUT2D eigenvalue weighted by Gasteiger charge is -2.15. The third-order valence-electron chi connectivity index (χ3n) is 4.19. The molecule has 0 aliphatic carbocycles. The predicted molar refractivity (Wildman–Crippen MR) is 79.5 cm³/mol. The van der Waals surface area contributed by atoms with Crippen molar-refractivity contribution in [1.29, 1.82) is 0 Å². The second kappa shape index (κ2) is 5.70. The van der Waals surface area contributed by atoms with E-state index in [4.69, 9.17) is 11.6 Å². The molecular weight excluding hydrogens is 277 g/mol. The lowest BCUT2D eigenvalue weighted by atomic mass is 10.1. The number of nitrogens with zero attached hydrogens (tertiary/aromatic N) is 3. The van der Waals surface area contributed by atoms with Crippen molar-refractivity contribution in [1.82, 2.24) is 14.5 Å². The molecule has 1 aliphatic heterocycles. The van der Waals surface area contributed by atoms with Crippen molar-refractivity contribution in [3.63, 3.8) is 0 Å². The van der Waals surface area contributed by atoms with E-state index in [1.54, 1.807) is 6.07 Å². The summed E-state index contributed by atoms with van der Waals surface area (Å²) in [6, 6.07) is 5.11. The van der Waals surface area contributed by atoms with Gasteiger partial charge in [-0.05, 0) is 37.6 Å². The molecule has 1 unspecified atom stereocenters. The van der Waals surface area contributed by atoms with Gasteiger partial charge in [0.25, 0.3) is 0 Å². The molecule has 2 aromatic rings. The molecule has 0 radical (unpaired) electrons. The SMILES string of the molecule is CCN1CCC(Cn2c(CCl)nc3c(F)cccc32)C1. The molecule has 3 rings (SSSR count). The Morgan fingerprint density at radius 2 is 2.30 bits per heavy atom. The van der Waals surface area contributed by atoms with Crippen LogP contribution >= 0.6 is 11.6 Å². The standard InChI is InChI=1S/C15H19ClFN3/c1-2-19-7-6-11(9-19)10-20-13-5-3-4-12(17)15(13)18-14(20)8-16/h3-5,11H,2,6-10H2,1H3. The van der Waals surface area contributed by atoms with E-state index in [1.807, 2.05) is 6.07 Å². The lowest BCUT2D eigenvalue weighted by Crippen LogP contribution is -2.21. The highest BCUT2D eigenvalue weighted by molar-refractivity contribution is 6.16. The number of hydrogen-bond donors (Lipinski definition) is 0. The lowest BCUT2D eigenvalue weighted by molar-refractivity contribution is 0.333. The molecule has 0 bridgehead atoms. The van der Waals surface area contributed by atoms with E-state index < -0.39 is 0 Å². The van der Waals surface area contributed by atoms with E-state index in [9.17, 15) is 4.39 Å². The third-order valence-corrected chi connectivity index (χ3v) is 4.43. The van der Waals surface area contributed by atoms with Crippen LogP contribution in [0.2, 0.25) is 0 Å². The summed E-state index contributed by atoms with van der Waals surface area (Å²) in [6.45, 7) is 6.41. The number of para-hydroxylation sites is 1. The smallest absolute Gasteiger partial charge is 0.151 e. The fourth-order valence-electron chi connectivity index (χ4n) is 3.07. The van der Waals surface area contributed by atoms with E-state index in [-0.39, 0.29) is 5.82 Å². The highest BCUT2D eigenvalue weighted by Gasteiger charge is 2.23. The molecule has 5 heteroatoms. The molecule has 0 amide bonds. The van der Waals surface area contributed by atoms with Gasteiger partial charge in [-0.2, -0.15) is 0 Å². The second-order valence-electron chi connectivity index (χ2n) is 5.43. The first-order chi connectivity index (χ1) is 9.72. The molecule has 1 aliphatic rings. The van der Waals surface area contributed by atoms with Gasteiger partial charge in [0.05, 0.1) is 11.4 Å². The summed E-state index contributed by atoms with van der Waals surface area (Å²) in [5.41, 5.74) is 1.30. The Morgan fingerprint density at radius 1 is 1.45 bits per heavy atom. The van der Waals surface area contributed by atoms with Gasteiger partial charge < -0.3 is 9.47 Å². The summed E-state index contributed by atoms with van der Waals surface area (Å²) in [5.74, 6) is 1.41. The van der Waals surface area contributed by atoms with Gasteiger partial charge in [-0.1, -0.05) is 13.0 Å². The van der Waals surface area contributed by atoms with Gasteiger partial charge in [0.1, 0.15) is 11.3 Å². The second-order valence-corrected chi connectivity index (χ2v) is 5.70. The maximum absolute atomic E-state index is 13.8. The van der Waals surface area contributed by atoms with Crippen molar-refractivity contribution in [2.45, 2.75) is 25.8 Å². The van der Waals surface area contributed by atoms with Gasteiger partial charge in [0.15, 0.2) is 5.82 Å². The fourth-order valence-corrected chi connectivity index (χ4v) is 3.28. The van der Waals surface area contributed by atoms with Crippen molar-refractivity contribution in [3.05, 3.63) is 29.8 Å². The summed E-state index contributed by atoms with van der Waals surface area (Å²) in [7, 11) is 0. The zero-order valence-electron chi connectivity index (χ0n) is 11.6. The van der Waals surface area contributed by atoms with E-state index in [2.05, 4.69) is 21.4 Å². The minimum absolute atomic E-state index is 0.269. The average Bonchev–Trinajstić information content (AvgIpc) is 3.05. The summed E-state index contributed by atoms with van der Waals surface area (Å²) < 4.78 is 15.9. The summed E-state index contributed by atoms with van der Waals surface area (Å²) in [5, 5.41) is 0.